The smallest absolute Gasteiger partial charge is 0.408 e. The van der Waals surface area contributed by atoms with Crippen LogP contribution < -0.4 is 16.2 Å². The summed E-state index contributed by atoms with van der Waals surface area (Å²) in [5.74, 6) is -1.38. The molecule has 1 amide bonds. The van der Waals surface area contributed by atoms with Crippen LogP contribution in [0, 0.1) is 12.7 Å². The highest BCUT2D eigenvalue weighted by Gasteiger charge is 2.24. The van der Waals surface area contributed by atoms with E-state index in [4.69, 9.17) is 4.42 Å². The van der Waals surface area contributed by atoms with E-state index in [2.05, 4.69) is 9.97 Å². The molecule has 0 saturated carbocycles. The second-order valence-corrected chi connectivity index (χ2v) is 6.58. The van der Waals surface area contributed by atoms with Crippen LogP contribution in [0.5, 0.6) is 0 Å². The molecule has 0 spiro atoms. The topological polar surface area (TPSA) is 104 Å². The molecule has 9 nitrogen and oxygen atoms in total. The number of nitrogens with one attached hydrogen (secondary N) is 1. The first-order chi connectivity index (χ1) is 13.4. The number of carbonyl (C=O) groups excluding carboxylic acids is 1. The Morgan fingerprint density at radius 2 is 1.93 bits per heavy atom. The summed E-state index contributed by atoms with van der Waals surface area (Å²) in [7, 11) is 0. The Kier molecular flexibility index (Phi) is 4.46. The van der Waals surface area contributed by atoms with E-state index in [1.165, 1.54) is 11.5 Å². The molecule has 0 radical (unpaired) electrons. The van der Waals surface area contributed by atoms with Gasteiger partial charge >= 0.3 is 5.76 Å². The van der Waals surface area contributed by atoms with Crippen LogP contribution in [0.25, 0.3) is 11.1 Å². The Bertz CT molecular complexity index is 1160. The highest BCUT2D eigenvalue weighted by molar-refractivity contribution is 5.79. The Labute approximate surface area is 158 Å². The molecule has 0 atom stereocenters. The van der Waals surface area contributed by atoms with E-state index in [9.17, 15) is 18.8 Å². The van der Waals surface area contributed by atoms with Crippen molar-refractivity contribution in [2.45, 2.75) is 13.5 Å². The number of amides is 1. The number of piperazine rings is 1. The molecule has 10 heteroatoms. The number of H-pyrrole nitrogens is 1. The summed E-state index contributed by atoms with van der Waals surface area (Å²) in [6.07, 6.45) is 0. The molecule has 1 aliphatic heterocycles. The third-order valence-electron chi connectivity index (χ3n) is 4.81. The number of para-hydroxylation sites is 2. The molecule has 1 saturated heterocycles. The van der Waals surface area contributed by atoms with Gasteiger partial charge in [0.2, 0.25) is 17.7 Å². The van der Waals surface area contributed by atoms with Crippen molar-refractivity contribution in [3.05, 3.63) is 56.7 Å². The molecule has 4 rings (SSSR count). The maximum absolute atomic E-state index is 13.5. The molecule has 0 unspecified atom stereocenters. The molecule has 3 heterocycles. The molecule has 0 aliphatic carbocycles. The maximum Gasteiger partial charge on any atom is 0.420 e. The van der Waals surface area contributed by atoms with Crippen molar-refractivity contribution in [3.8, 4) is 0 Å². The van der Waals surface area contributed by atoms with Crippen LogP contribution in [0.1, 0.15) is 5.69 Å². The monoisotopic (exact) mass is 387 g/mol. The standard InChI is InChI=1S/C18H18FN5O4/c1-11-15(19)16(26)21-17(20-11)23-8-6-22(7-9-23)14(25)10-24-12-4-2-3-5-13(12)28-18(24)27/h2-5H,6-10H2,1H3,(H,20,21,26). The van der Waals surface area contributed by atoms with E-state index in [-0.39, 0.29) is 24.1 Å². The first-order valence-corrected chi connectivity index (χ1v) is 8.81. The summed E-state index contributed by atoms with van der Waals surface area (Å²) in [4.78, 5) is 46.2. The van der Waals surface area contributed by atoms with Crippen LogP contribution in [-0.2, 0) is 11.3 Å². The minimum absolute atomic E-state index is 0.0310. The fourth-order valence-electron chi connectivity index (χ4n) is 3.27. The van der Waals surface area contributed by atoms with Crippen molar-refractivity contribution in [1.29, 1.82) is 0 Å². The summed E-state index contributed by atoms with van der Waals surface area (Å²) in [6.45, 7) is 2.97. The van der Waals surface area contributed by atoms with Crippen LogP contribution in [-0.4, -0.2) is 51.5 Å². The van der Waals surface area contributed by atoms with Crippen molar-refractivity contribution >= 4 is 23.0 Å². The van der Waals surface area contributed by atoms with Gasteiger partial charge in [0.1, 0.15) is 6.54 Å². The summed E-state index contributed by atoms with van der Waals surface area (Å²) in [5, 5.41) is 0. The summed E-state index contributed by atoms with van der Waals surface area (Å²) < 4.78 is 19.9. The number of aromatic nitrogens is 3. The highest BCUT2D eigenvalue weighted by atomic mass is 19.1. The van der Waals surface area contributed by atoms with Crippen LogP contribution in [0.2, 0.25) is 0 Å². The van der Waals surface area contributed by atoms with E-state index in [0.717, 1.165) is 0 Å². The number of oxazole rings is 1. The number of anilines is 1. The van der Waals surface area contributed by atoms with Gasteiger partial charge in [-0.1, -0.05) is 12.1 Å². The molecule has 3 aromatic rings. The molecule has 1 fully saturated rings. The number of hydrogen-bond donors (Lipinski definition) is 1. The Morgan fingerprint density at radius 1 is 1.21 bits per heavy atom. The van der Waals surface area contributed by atoms with Gasteiger partial charge in [-0.05, 0) is 19.1 Å². The molecule has 28 heavy (non-hydrogen) atoms. The van der Waals surface area contributed by atoms with Gasteiger partial charge < -0.3 is 14.2 Å². The lowest BCUT2D eigenvalue weighted by Gasteiger charge is -2.35. The predicted octanol–water partition coefficient (Wildman–Crippen LogP) is 0.474. The van der Waals surface area contributed by atoms with Gasteiger partial charge in [0, 0.05) is 26.2 Å². The van der Waals surface area contributed by atoms with Crippen molar-refractivity contribution in [3.63, 3.8) is 0 Å². The van der Waals surface area contributed by atoms with E-state index < -0.39 is 17.1 Å². The number of halogens is 1. The Balaban J connectivity index is 1.45. The fraction of sp³-hybridized carbons (Fsp3) is 0.333. The van der Waals surface area contributed by atoms with Gasteiger partial charge in [-0.3, -0.25) is 19.1 Å². The normalized spacial score (nSPS) is 14.6. The van der Waals surface area contributed by atoms with Gasteiger partial charge in [-0.15, -0.1) is 0 Å². The predicted molar refractivity (Wildman–Crippen MR) is 98.8 cm³/mol. The van der Waals surface area contributed by atoms with Crippen molar-refractivity contribution in [2.75, 3.05) is 31.1 Å². The largest absolute Gasteiger partial charge is 0.420 e. The van der Waals surface area contributed by atoms with E-state index >= 15 is 0 Å². The van der Waals surface area contributed by atoms with Crippen molar-refractivity contribution in [1.82, 2.24) is 19.4 Å². The third kappa shape index (κ3) is 3.17. The highest BCUT2D eigenvalue weighted by Crippen LogP contribution is 2.14. The molecular weight excluding hydrogens is 369 g/mol. The first-order valence-electron chi connectivity index (χ1n) is 8.81. The number of carbonyl (C=O) groups is 1. The van der Waals surface area contributed by atoms with E-state index in [1.54, 1.807) is 34.1 Å². The molecule has 146 valence electrons. The van der Waals surface area contributed by atoms with Crippen LogP contribution in [0.3, 0.4) is 0 Å². The molecule has 1 N–H and O–H groups in total. The zero-order valence-electron chi connectivity index (χ0n) is 15.1. The number of rotatable bonds is 3. The van der Waals surface area contributed by atoms with Gasteiger partial charge in [-0.25, -0.2) is 9.78 Å². The van der Waals surface area contributed by atoms with E-state index in [0.29, 0.717) is 37.3 Å². The number of hydrogen-bond acceptors (Lipinski definition) is 6. The zero-order chi connectivity index (χ0) is 19.8. The van der Waals surface area contributed by atoms with Crippen molar-refractivity contribution in [2.24, 2.45) is 0 Å². The summed E-state index contributed by atoms with van der Waals surface area (Å²) in [5.41, 5.74) is 0.227. The Morgan fingerprint density at radius 3 is 2.64 bits per heavy atom. The lowest BCUT2D eigenvalue weighted by Crippen LogP contribution is -2.50. The second-order valence-electron chi connectivity index (χ2n) is 6.58. The number of fused-ring (bicyclic) bond motifs is 1. The number of aromatic amines is 1. The fourth-order valence-corrected chi connectivity index (χ4v) is 3.27. The van der Waals surface area contributed by atoms with Gasteiger partial charge in [0.15, 0.2) is 5.58 Å². The minimum atomic E-state index is -0.893. The third-order valence-corrected chi connectivity index (χ3v) is 4.81. The number of aryl methyl sites for hydroxylation is 1. The van der Waals surface area contributed by atoms with Crippen LogP contribution in [0.4, 0.5) is 10.3 Å². The average molecular weight is 387 g/mol. The molecule has 1 aromatic carbocycles. The van der Waals surface area contributed by atoms with Crippen LogP contribution in [0.15, 0.2) is 38.3 Å². The SMILES string of the molecule is Cc1nc(N2CCN(C(=O)Cn3c(=O)oc4ccccc43)CC2)[nH]c(=O)c1F. The summed E-state index contributed by atoms with van der Waals surface area (Å²) in [6, 6.07) is 6.93. The zero-order valence-corrected chi connectivity index (χ0v) is 15.1. The molecule has 2 aromatic heterocycles. The van der Waals surface area contributed by atoms with E-state index in [1.807, 2.05) is 0 Å². The maximum atomic E-state index is 13.5. The van der Waals surface area contributed by atoms with Gasteiger partial charge in [-0.2, -0.15) is 4.39 Å². The molecular formula is C18H18FN5O4. The number of benzene rings is 1. The quantitative estimate of drug-likeness (QED) is 0.701. The molecule has 0 bridgehead atoms. The van der Waals surface area contributed by atoms with Crippen molar-refractivity contribution < 1.29 is 13.6 Å². The second kappa shape index (κ2) is 6.95. The van der Waals surface area contributed by atoms with Gasteiger partial charge in [0.25, 0.3) is 5.56 Å². The minimum Gasteiger partial charge on any atom is -0.408 e. The first kappa shape index (κ1) is 18.0. The lowest BCUT2D eigenvalue weighted by atomic mass is 10.3. The number of nitrogens with zero attached hydrogens (tertiary/aromatic N) is 4. The van der Waals surface area contributed by atoms with Gasteiger partial charge in [0.05, 0.1) is 11.2 Å². The molecule has 1 aliphatic rings. The van der Waals surface area contributed by atoms with Crippen LogP contribution >= 0.6 is 0 Å². The Hall–Kier alpha value is -3.43. The average Bonchev–Trinajstić information content (AvgIpc) is 3.01. The summed E-state index contributed by atoms with van der Waals surface area (Å²) >= 11 is 0. The lowest BCUT2D eigenvalue weighted by molar-refractivity contribution is -0.132.